The van der Waals surface area contributed by atoms with Gasteiger partial charge in [0.05, 0.1) is 5.92 Å². The molecule has 74 valence electrons. The largest absolute Gasteiger partial charge is 0.481 e. The van der Waals surface area contributed by atoms with Crippen LogP contribution in [0.1, 0.15) is 30.7 Å². The highest BCUT2D eigenvalue weighted by atomic mass is 16.4. The van der Waals surface area contributed by atoms with Crippen LogP contribution in [0.25, 0.3) is 0 Å². The van der Waals surface area contributed by atoms with E-state index >= 15 is 0 Å². The summed E-state index contributed by atoms with van der Waals surface area (Å²) in [5, 5.41) is 8.88. The summed E-state index contributed by atoms with van der Waals surface area (Å²) in [5.74, 6) is -0.305. The zero-order valence-corrected chi connectivity index (χ0v) is 8.02. The molecule has 14 heavy (non-hydrogen) atoms. The molecule has 0 radical (unpaired) electrons. The number of rotatable bonds is 2. The molecule has 2 atom stereocenters. The first-order chi connectivity index (χ1) is 6.77. The second-order valence-electron chi connectivity index (χ2n) is 3.96. The van der Waals surface area contributed by atoms with Crippen LogP contribution in [0, 0.1) is 5.92 Å². The van der Waals surface area contributed by atoms with Crippen molar-refractivity contribution in [2.24, 2.45) is 5.92 Å². The molecule has 0 bridgehead atoms. The van der Waals surface area contributed by atoms with Crippen molar-refractivity contribution in [1.82, 2.24) is 0 Å². The van der Waals surface area contributed by atoms with E-state index in [-0.39, 0.29) is 5.92 Å². The van der Waals surface area contributed by atoms with Gasteiger partial charge in [-0.1, -0.05) is 30.3 Å². The lowest BCUT2D eigenvalue weighted by Gasteiger charge is -2.08. The first kappa shape index (κ1) is 9.25. The van der Waals surface area contributed by atoms with Crippen molar-refractivity contribution >= 4 is 5.97 Å². The number of carboxylic acid groups (broad SMARTS) is 1. The molecule has 0 saturated heterocycles. The van der Waals surface area contributed by atoms with Crippen LogP contribution in [-0.4, -0.2) is 11.1 Å². The Labute approximate surface area is 83.6 Å². The lowest BCUT2D eigenvalue weighted by molar-refractivity contribution is -0.141. The summed E-state index contributed by atoms with van der Waals surface area (Å²) in [6.45, 7) is 0. The maximum Gasteiger partial charge on any atom is 0.306 e. The van der Waals surface area contributed by atoms with Crippen molar-refractivity contribution in [1.29, 1.82) is 0 Å². The Balaban J connectivity index is 2.06. The minimum absolute atomic E-state index is 0.125. The van der Waals surface area contributed by atoms with Crippen molar-refractivity contribution in [3.63, 3.8) is 0 Å². The summed E-state index contributed by atoms with van der Waals surface area (Å²) in [6.07, 6.45) is 2.65. The third-order valence-electron chi connectivity index (χ3n) is 3.05. The molecule has 1 fully saturated rings. The predicted molar refractivity (Wildman–Crippen MR) is 54.2 cm³/mol. The molecule has 2 unspecified atom stereocenters. The number of carbonyl (C=O) groups is 1. The van der Waals surface area contributed by atoms with E-state index in [1.165, 1.54) is 5.56 Å². The van der Waals surface area contributed by atoms with E-state index in [0.29, 0.717) is 5.92 Å². The summed E-state index contributed by atoms with van der Waals surface area (Å²) in [7, 11) is 0. The van der Waals surface area contributed by atoms with E-state index < -0.39 is 5.97 Å². The molecular formula is C12H14O2. The van der Waals surface area contributed by atoms with Crippen LogP contribution < -0.4 is 0 Å². The topological polar surface area (TPSA) is 37.3 Å². The summed E-state index contributed by atoms with van der Waals surface area (Å²) in [5.41, 5.74) is 1.29. The van der Waals surface area contributed by atoms with Crippen LogP contribution in [0.4, 0.5) is 0 Å². The quantitative estimate of drug-likeness (QED) is 0.778. The van der Waals surface area contributed by atoms with Crippen LogP contribution in [0.2, 0.25) is 0 Å². The normalized spacial score (nSPS) is 26.3. The lowest BCUT2D eigenvalue weighted by Crippen LogP contribution is -2.09. The Kier molecular flexibility index (Phi) is 2.53. The van der Waals surface area contributed by atoms with E-state index in [1.807, 2.05) is 18.2 Å². The molecule has 0 amide bonds. The van der Waals surface area contributed by atoms with Gasteiger partial charge in [0.25, 0.3) is 0 Å². The Bertz CT molecular complexity index is 318. The van der Waals surface area contributed by atoms with Gasteiger partial charge >= 0.3 is 5.97 Å². The first-order valence-electron chi connectivity index (χ1n) is 5.05. The van der Waals surface area contributed by atoms with Crippen molar-refractivity contribution < 1.29 is 9.90 Å². The van der Waals surface area contributed by atoms with Crippen LogP contribution in [0.3, 0.4) is 0 Å². The number of hydrogen-bond donors (Lipinski definition) is 1. The molecule has 1 aliphatic rings. The van der Waals surface area contributed by atoms with Gasteiger partial charge in [0.1, 0.15) is 0 Å². The Morgan fingerprint density at radius 2 is 1.93 bits per heavy atom. The van der Waals surface area contributed by atoms with Gasteiger partial charge in [-0.3, -0.25) is 4.79 Å². The minimum atomic E-state index is -0.636. The maximum absolute atomic E-state index is 10.8. The first-order valence-corrected chi connectivity index (χ1v) is 5.05. The van der Waals surface area contributed by atoms with Crippen molar-refractivity contribution in [3.8, 4) is 0 Å². The number of hydrogen-bond acceptors (Lipinski definition) is 1. The Morgan fingerprint density at radius 3 is 2.50 bits per heavy atom. The third-order valence-corrected chi connectivity index (χ3v) is 3.05. The van der Waals surface area contributed by atoms with Crippen LogP contribution in [0.5, 0.6) is 0 Å². The van der Waals surface area contributed by atoms with Gasteiger partial charge in [0.15, 0.2) is 0 Å². The van der Waals surface area contributed by atoms with Crippen molar-refractivity contribution in [2.75, 3.05) is 0 Å². The molecule has 2 nitrogen and oxygen atoms in total. The van der Waals surface area contributed by atoms with Gasteiger partial charge in [-0.05, 0) is 30.7 Å². The van der Waals surface area contributed by atoms with Crippen LogP contribution in [-0.2, 0) is 4.79 Å². The smallest absolute Gasteiger partial charge is 0.306 e. The highest BCUT2D eigenvalue weighted by molar-refractivity contribution is 5.70. The second-order valence-corrected chi connectivity index (χ2v) is 3.96. The zero-order chi connectivity index (χ0) is 9.97. The van der Waals surface area contributed by atoms with Gasteiger partial charge in [-0.15, -0.1) is 0 Å². The number of aliphatic carboxylic acids is 1. The molecule has 0 aromatic heterocycles. The van der Waals surface area contributed by atoms with Gasteiger partial charge < -0.3 is 5.11 Å². The molecule has 1 N–H and O–H groups in total. The molecule has 1 aromatic rings. The minimum Gasteiger partial charge on any atom is -0.481 e. The highest BCUT2D eigenvalue weighted by Gasteiger charge is 2.30. The Hall–Kier alpha value is -1.31. The zero-order valence-electron chi connectivity index (χ0n) is 8.02. The number of benzene rings is 1. The Morgan fingerprint density at radius 1 is 1.21 bits per heavy atom. The van der Waals surface area contributed by atoms with Gasteiger partial charge in [0, 0.05) is 0 Å². The summed E-state index contributed by atoms with van der Waals surface area (Å²) in [4.78, 5) is 10.8. The fourth-order valence-corrected chi connectivity index (χ4v) is 2.23. The molecule has 0 spiro atoms. The fourth-order valence-electron chi connectivity index (χ4n) is 2.23. The average Bonchev–Trinajstić information content (AvgIpc) is 2.68. The molecule has 1 aliphatic carbocycles. The van der Waals surface area contributed by atoms with Gasteiger partial charge in [-0.2, -0.15) is 0 Å². The van der Waals surface area contributed by atoms with E-state index in [2.05, 4.69) is 12.1 Å². The van der Waals surface area contributed by atoms with Crippen molar-refractivity contribution in [3.05, 3.63) is 35.9 Å². The lowest BCUT2D eigenvalue weighted by atomic mass is 9.96. The fraction of sp³-hybridized carbons (Fsp3) is 0.417. The maximum atomic E-state index is 10.8. The van der Waals surface area contributed by atoms with Crippen LogP contribution in [0.15, 0.2) is 30.3 Å². The average molecular weight is 190 g/mol. The molecule has 2 heteroatoms. The summed E-state index contributed by atoms with van der Waals surface area (Å²) >= 11 is 0. The van der Waals surface area contributed by atoms with Gasteiger partial charge in [-0.25, -0.2) is 0 Å². The van der Waals surface area contributed by atoms with E-state index in [1.54, 1.807) is 0 Å². The highest BCUT2D eigenvalue weighted by Crippen LogP contribution is 2.38. The van der Waals surface area contributed by atoms with Crippen LogP contribution >= 0.6 is 0 Å². The molecule has 2 rings (SSSR count). The monoisotopic (exact) mass is 190 g/mol. The van der Waals surface area contributed by atoms with E-state index in [0.717, 1.165) is 19.3 Å². The summed E-state index contributed by atoms with van der Waals surface area (Å²) < 4.78 is 0. The summed E-state index contributed by atoms with van der Waals surface area (Å²) in [6, 6.07) is 10.2. The molecule has 1 aromatic carbocycles. The SMILES string of the molecule is O=C(O)C1CCC(c2ccccc2)C1. The van der Waals surface area contributed by atoms with E-state index in [4.69, 9.17) is 5.11 Å². The molecule has 0 heterocycles. The second kappa shape index (κ2) is 3.82. The van der Waals surface area contributed by atoms with Crippen molar-refractivity contribution in [2.45, 2.75) is 25.2 Å². The molecule has 0 aliphatic heterocycles. The predicted octanol–water partition coefficient (Wildman–Crippen LogP) is 2.65. The number of carboxylic acids is 1. The van der Waals surface area contributed by atoms with Gasteiger partial charge in [0.2, 0.25) is 0 Å². The third kappa shape index (κ3) is 1.79. The van der Waals surface area contributed by atoms with E-state index in [9.17, 15) is 4.79 Å². The standard InChI is InChI=1S/C12H14O2/c13-12(14)11-7-6-10(8-11)9-4-2-1-3-5-9/h1-5,10-11H,6-8H2,(H,13,14). The molecular weight excluding hydrogens is 176 g/mol. The molecule has 1 saturated carbocycles.